The summed E-state index contributed by atoms with van der Waals surface area (Å²) in [6.45, 7) is 8.64. The minimum Gasteiger partial charge on any atom is -0.479 e. The molecule has 3 fully saturated rings. The van der Waals surface area contributed by atoms with Crippen LogP contribution in [0.15, 0.2) is 42.9 Å². The van der Waals surface area contributed by atoms with E-state index in [4.69, 9.17) is 19.7 Å². The first-order valence-corrected chi connectivity index (χ1v) is 17.4. The average Bonchev–Trinajstić information content (AvgIpc) is 3.93. The predicted octanol–water partition coefficient (Wildman–Crippen LogP) is 5.08. The Hall–Kier alpha value is -3.94. The highest BCUT2D eigenvalue weighted by Crippen LogP contribution is 2.44. The molecule has 1 aromatic carbocycles. The number of fused-ring (bicyclic) bond motifs is 1. The maximum atomic E-state index is 5.74. The highest BCUT2D eigenvalue weighted by atomic mass is 32.2. The summed E-state index contributed by atoms with van der Waals surface area (Å²) < 4.78 is 8.09. The van der Waals surface area contributed by atoms with Crippen molar-refractivity contribution >= 4 is 57.6 Å². The van der Waals surface area contributed by atoms with E-state index in [-0.39, 0.29) is 0 Å². The van der Waals surface area contributed by atoms with Gasteiger partial charge in [-0.1, -0.05) is 11.9 Å². The molecule has 242 valence electrons. The van der Waals surface area contributed by atoms with E-state index in [2.05, 4.69) is 65.0 Å². The van der Waals surface area contributed by atoms with E-state index in [1.165, 1.54) is 25.9 Å². The molecule has 0 amide bonds. The van der Waals surface area contributed by atoms with Crippen molar-refractivity contribution in [3.05, 3.63) is 48.4 Å². The molecule has 46 heavy (non-hydrogen) atoms. The standard InChI is InChI=1S/C33H43N11OS/c1-22-21-36-33(40-31(22)37-26-8-7-25-29(35-14-13-34-25)30(26)44(46-4)24-5-6-24)38-27-9-10-28(39-32(27)45-3)43-15-11-23(12-16-43)42-19-17-41(2)18-20-42/h7-10,13-14,21,23-24H,5-6,11-12,15-20H2,1-4H3,(H2,36,37,38,40). The van der Waals surface area contributed by atoms with Gasteiger partial charge in [-0.15, -0.1) is 0 Å². The largest absolute Gasteiger partial charge is 0.479 e. The van der Waals surface area contributed by atoms with Crippen molar-refractivity contribution in [1.29, 1.82) is 0 Å². The number of anilines is 6. The number of nitrogens with one attached hydrogen (secondary N) is 2. The molecule has 1 aliphatic carbocycles. The Kier molecular flexibility index (Phi) is 8.96. The molecular weight excluding hydrogens is 599 g/mol. The molecule has 0 bridgehead atoms. The number of aryl methyl sites for hydroxylation is 1. The van der Waals surface area contributed by atoms with E-state index in [0.717, 1.165) is 78.5 Å². The number of ether oxygens (including phenoxy) is 1. The first-order chi connectivity index (χ1) is 22.5. The zero-order chi connectivity index (χ0) is 31.6. The summed E-state index contributed by atoms with van der Waals surface area (Å²) in [7, 11) is 3.87. The van der Waals surface area contributed by atoms with Gasteiger partial charge in [-0.25, -0.2) is 4.98 Å². The molecule has 0 radical (unpaired) electrons. The van der Waals surface area contributed by atoms with Gasteiger partial charge in [0.15, 0.2) is 0 Å². The van der Waals surface area contributed by atoms with Gasteiger partial charge in [0.05, 0.1) is 24.0 Å². The molecule has 0 atom stereocenters. The molecule has 12 nitrogen and oxygen atoms in total. The van der Waals surface area contributed by atoms with Crippen LogP contribution < -0.4 is 24.6 Å². The Morgan fingerprint density at radius 3 is 2.37 bits per heavy atom. The summed E-state index contributed by atoms with van der Waals surface area (Å²) in [5, 5.41) is 6.94. The van der Waals surface area contributed by atoms with Crippen LogP contribution in [0.25, 0.3) is 11.0 Å². The summed E-state index contributed by atoms with van der Waals surface area (Å²) in [6, 6.07) is 9.28. The van der Waals surface area contributed by atoms with Crippen LogP contribution in [0.3, 0.4) is 0 Å². The van der Waals surface area contributed by atoms with Gasteiger partial charge in [-0.2, -0.15) is 9.97 Å². The average molecular weight is 642 g/mol. The minimum absolute atomic E-state index is 0.458. The molecule has 7 rings (SSSR count). The number of rotatable bonds is 10. The maximum absolute atomic E-state index is 5.74. The number of aromatic nitrogens is 5. The van der Waals surface area contributed by atoms with Crippen LogP contribution in [-0.2, 0) is 0 Å². The van der Waals surface area contributed by atoms with Crippen molar-refractivity contribution in [3.8, 4) is 5.88 Å². The molecular formula is C33H43N11OS. The van der Waals surface area contributed by atoms with E-state index < -0.39 is 0 Å². The normalized spacial score (nSPS) is 18.1. The number of piperazine rings is 1. The summed E-state index contributed by atoms with van der Waals surface area (Å²) >= 11 is 1.72. The van der Waals surface area contributed by atoms with Crippen LogP contribution in [0.4, 0.5) is 34.6 Å². The molecule has 2 saturated heterocycles. The van der Waals surface area contributed by atoms with Crippen LogP contribution in [0.2, 0.25) is 0 Å². The van der Waals surface area contributed by atoms with Crippen LogP contribution in [0, 0.1) is 6.92 Å². The second-order valence-electron chi connectivity index (χ2n) is 12.4. The molecule has 5 heterocycles. The van der Waals surface area contributed by atoms with Gasteiger partial charge in [-0.3, -0.25) is 14.9 Å². The van der Waals surface area contributed by atoms with Gasteiger partial charge in [-0.05, 0) is 63.9 Å². The second kappa shape index (κ2) is 13.4. The summed E-state index contributed by atoms with van der Waals surface area (Å²) in [6.07, 6.45) is 12.1. The molecule has 0 spiro atoms. The quantitative estimate of drug-likeness (QED) is 0.225. The van der Waals surface area contributed by atoms with Crippen molar-refractivity contribution in [1.82, 2.24) is 34.7 Å². The van der Waals surface area contributed by atoms with Crippen molar-refractivity contribution in [3.63, 3.8) is 0 Å². The third-order valence-electron chi connectivity index (χ3n) is 9.26. The lowest BCUT2D eigenvalue weighted by Crippen LogP contribution is -2.52. The first kappa shape index (κ1) is 30.7. The highest BCUT2D eigenvalue weighted by Gasteiger charge is 2.32. The molecule has 2 aliphatic heterocycles. The zero-order valence-electron chi connectivity index (χ0n) is 27.1. The summed E-state index contributed by atoms with van der Waals surface area (Å²) in [4.78, 5) is 31.1. The fourth-order valence-corrected chi connectivity index (χ4v) is 7.34. The van der Waals surface area contributed by atoms with Crippen LogP contribution in [0.5, 0.6) is 5.88 Å². The van der Waals surface area contributed by atoms with Crippen LogP contribution in [0.1, 0.15) is 31.2 Å². The van der Waals surface area contributed by atoms with Gasteiger partial charge in [0.2, 0.25) is 11.8 Å². The van der Waals surface area contributed by atoms with Gasteiger partial charge in [0.25, 0.3) is 0 Å². The van der Waals surface area contributed by atoms with Crippen molar-refractivity contribution in [2.24, 2.45) is 0 Å². The Bertz CT molecular complexity index is 1670. The molecule has 1 saturated carbocycles. The van der Waals surface area contributed by atoms with Gasteiger partial charge < -0.3 is 29.5 Å². The van der Waals surface area contributed by atoms with E-state index in [9.17, 15) is 0 Å². The van der Waals surface area contributed by atoms with E-state index >= 15 is 0 Å². The zero-order valence-corrected chi connectivity index (χ0v) is 27.9. The SMILES string of the molecule is COc1nc(N2CCC(N3CCN(C)CC3)CC2)ccc1Nc1ncc(C)c(Nc2ccc3nccnc3c2N(SC)C2CC2)n1. The molecule has 0 unspecified atom stereocenters. The number of pyridine rings is 1. The van der Waals surface area contributed by atoms with E-state index in [1.807, 2.05) is 25.3 Å². The number of nitrogens with zero attached hydrogens (tertiary/aromatic N) is 9. The molecule has 4 aromatic rings. The smallest absolute Gasteiger partial charge is 0.239 e. The number of likely N-dealkylation sites (N-methyl/N-ethyl adjacent to an activating group) is 1. The predicted molar refractivity (Wildman–Crippen MR) is 187 cm³/mol. The number of methoxy groups -OCH3 is 1. The van der Waals surface area contributed by atoms with E-state index in [0.29, 0.717) is 29.7 Å². The first-order valence-electron chi connectivity index (χ1n) is 16.2. The fourth-order valence-electron chi connectivity index (χ4n) is 6.46. The Morgan fingerprint density at radius 2 is 1.63 bits per heavy atom. The van der Waals surface area contributed by atoms with Gasteiger partial charge in [0.1, 0.15) is 22.8 Å². The van der Waals surface area contributed by atoms with Crippen molar-refractivity contribution in [2.45, 2.75) is 44.7 Å². The molecule has 13 heteroatoms. The third kappa shape index (κ3) is 6.49. The van der Waals surface area contributed by atoms with Crippen LogP contribution in [-0.4, -0.2) is 106 Å². The molecule has 3 aliphatic rings. The fraction of sp³-hybridized carbons (Fsp3) is 0.485. The minimum atomic E-state index is 0.458. The van der Waals surface area contributed by atoms with Gasteiger partial charge >= 0.3 is 0 Å². The highest BCUT2D eigenvalue weighted by molar-refractivity contribution is 8.00. The third-order valence-corrected chi connectivity index (χ3v) is 10.1. The lowest BCUT2D eigenvalue weighted by Gasteiger charge is -2.42. The lowest BCUT2D eigenvalue weighted by molar-refractivity contribution is 0.0981. The lowest BCUT2D eigenvalue weighted by atomic mass is 10.0. The van der Waals surface area contributed by atoms with Crippen molar-refractivity contribution < 1.29 is 4.74 Å². The van der Waals surface area contributed by atoms with Crippen molar-refractivity contribution in [2.75, 3.05) is 79.5 Å². The van der Waals surface area contributed by atoms with E-state index in [1.54, 1.807) is 31.5 Å². The molecule has 3 aromatic heterocycles. The number of hydrogen-bond acceptors (Lipinski definition) is 13. The Morgan fingerprint density at radius 1 is 0.870 bits per heavy atom. The summed E-state index contributed by atoms with van der Waals surface area (Å²) in [5.74, 6) is 2.63. The Balaban J connectivity index is 1.08. The number of piperidine rings is 1. The second-order valence-corrected chi connectivity index (χ2v) is 13.1. The van der Waals surface area contributed by atoms with Gasteiger partial charge in [0, 0.05) is 81.8 Å². The summed E-state index contributed by atoms with van der Waals surface area (Å²) in [5.41, 5.74) is 5.35. The topological polar surface area (TPSA) is 111 Å². The maximum Gasteiger partial charge on any atom is 0.239 e. The number of hydrogen-bond donors (Lipinski definition) is 2. The monoisotopic (exact) mass is 641 g/mol. The number of benzene rings is 1. The Labute approximate surface area is 275 Å². The van der Waals surface area contributed by atoms with Crippen LogP contribution >= 0.6 is 11.9 Å². The molecule has 2 N–H and O–H groups in total.